The predicted octanol–water partition coefficient (Wildman–Crippen LogP) is 5.61. The molecule has 21 heavy (non-hydrogen) atoms. The van der Waals surface area contributed by atoms with Gasteiger partial charge in [0.1, 0.15) is 11.9 Å². The molecule has 0 aromatic heterocycles. The van der Waals surface area contributed by atoms with Crippen molar-refractivity contribution in [3.05, 3.63) is 63.9 Å². The Morgan fingerprint density at radius 2 is 1.71 bits per heavy atom. The second kappa shape index (κ2) is 6.05. The van der Waals surface area contributed by atoms with Crippen molar-refractivity contribution in [3.8, 4) is 0 Å². The zero-order valence-electron chi connectivity index (χ0n) is 11.0. The Hall–Kier alpha value is -1.56. The first kappa shape index (κ1) is 15.8. The highest BCUT2D eigenvalue weighted by molar-refractivity contribution is 9.10. The summed E-state index contributed by atoms with van der Waals surface area (Å²) in [6.07, 6.45) is -4.46. The van der Waals surface area contributed by atoms with Crippen LogP contribution in [0.3, 0.4) is 0 Å². The molecule has 0 spiro atoms. The normalized spacial score (nSPS) is 13.0. The van der Waals surface area contributed by atoms with E-state index in [0.717, 1.165) is 0 Å². The lowest BCUT2D eigenvalue weighted by atomic mass is 10.1. The summed E-state index contributed by atoms with van der Waals surface area (Å²) in [6.45, 7) is 1.55. The summed E-state index contributed by atoms with van der Waals surface area (Å²) in [4.78, 5) is 0. The fourth-order valence-electron chi connectivity index (χ4n) is 1.96. The van der Waals surface area contributed by atoms with Crippen molar-refractivity contribution in [2.45, 2.75) is 19.1 Å². The minimum atomic E-state index is -4.46. The first-order valence-corrected chi connectivity index (χ1v) is 6.92. The molecule has 1 N–H and O–H groups in total. The third kappa shape index (κ3) is 3.75. The first-order valence-electron chi connectivity index (χ1n) is 6.13. The van der Waals surface area contributed by atoms with Crippen LogP contribution in [0.2, 0.25) is 0 Å². The Morgan fingerprint density at radius 3 is 2.29 bits per heavy atom. The Balaban J connectivity index is 2.39. The van der Waals surface area contributed by atoms with Gasteiger partial charge in [-0.05, 0) is 46.1 Å². The van der Waals surface area contributed by atoms with Gasteiger partial charge in [0.2, 0.25) is 0 Å². The molecule has 0 heterocycles. The lowest BCUT2D eigenvalue weighted by molar-refractivity contribution is -0.144. The molecule has 1 unspecified atom stereocenters. The summed E-state index contributed by atoms with van der Waals surface area (Å²) in [5.41, 5.74) is 0.736. The Kier molecular flexibility index (Phi) is 4.56. The third-order valence-electron chi connectivity index (χ3n) is 3.03. The lowest BCUT2D eigenvalue weighted by Crippen LogP contribution is -2.28. The lowest BCUT2D eigenvalue weighted by Gasteiger charge is -2.24. The summed E-state index contributed by atoms with van der Waals surface area (Å²) >= 11 is 2.98. The molecule has 1 nitrogen and oxygen atoms in total. The smallest absolute Gasteiger partial charge is 0.370 e. The topological polar surface area (TPSA) is 12.0 Å². The Bertz CT molecular complexity index is 626. The van der Waals surface area contributed by atoms with Crippen molar-refractivity contribution >= 4 is 21.6 Å². The van der Waals surface area contributed by atoms with Crippen molar-refractivity contribution < 1.29 is 17.6 Å². The van der Waals surface area contributed by atoms with E-state index in [9.17, 15) is 17.6 Å². The van der Waals surface area contributed by atoms with E-state index in [1.807, 2.05) is 0 Å². The maximum atomic E-state index is 13.4. The van der Waals surface area contributed by atoms with Gasteiger partial charge >= 0.3 is 6.18 Å². The van der Waals surface area contributed by atoms with E-state index >= 15 is 0 Å². The van der Waals surface area contributed by atoms with Crippen molar-refractivity contribution in [2.75, 3.05) is 5.32 Å². The molecule has 2 aromatic carbocycles. The largest absolute Gasteiger partial charge is 0.412 e. The summed E-state index contributed by atoms with van der Waals surface area (Å²) in [5, 5.41) is 2.45. The molecule has 0 bridgehead atoms. The molecule has 0 radical (unpaired) electrons. The van der Waals surface area contributed by atoms with Crippen LogP contribution in [0.1, 0.15) is 17.2 Å². The zero-order chi connectivity index (χ0) is 15.6. The minimum Gasteiger partial charge on any atom is -0.370 e. The van der Waals surface area contributed by atoms with Gasteiger partial charge in [-0.2, -0.15) is 13.2 Å². The average Bonchev–Trinajstić information content (AvgIpc) is 2.41. The van der Waals surface area contributed by atoms with Gasteiger partial charge in [0.05, 0.1) is 4.47 Å². The standard InChI is InChI=1S/C15H12BrF4N/c1-9-7-12(17)11(16)8-13(9)21-14(15(18,19)20)10-5-3-2-4-6-10/h2-8,14,21H,1H3. The van der Waals surface area contributed by atoms with Crippen LogP contribution in [-0.2, 0) is 0 Å². The maximum Gasteiger partial charge on any atom is 0.412 e. The molecule has 2 aromatic rings. The Morgan fingerprint density at radius 1 is 1.10 bits per heavy atom. The fourth-order valence-corrected chi connectivity index (χ4v) is 2.30. The Labute approximate surface area is 128 Å². The van der Waals surface area contributed by atoms with E-state index in [0.29, 0.717) is 5.56 Å². The van der Waals surface area contributed by atoms with Crippen molar-refractivity contribution in [3.63, 3.8) is 0 Å². The molecule has 0 saturated heterocycles. The predicted molar refractivity (Wildman–Crippen MR) is 77.7 cm³/mol. The highest BCUT2D eigenvalue weighted by Gasteiger charge is 2.41. The second-order valence-electron chi connectivity index (χ2n) is 4.61. The van der Waals surface area contributed by atoms with E-state index in [-0.39, 0.29) is 15.7 Å². The molecular weight excluding hydrogens is 350 g/mol. The number of hydrogen-bond donors (Lipinski definition) is 1. The molecule has 0 aliphatic heterocycles. The monoisotopic (exact) mass is 361 g/mol. The number of nitrogens with one attached hydrogen (secondary N) is 1. The van der Waals surface area contributed by atoms with Crippen LogP contribution in [0.5, 0.6) is 0 Å². The molecule has 0 amide bonds. The van der Waals surface area contributed by atoms with Crippen LogP contribution >= 0.6 is 15.9 Å². The molecule has 6 heteroatoms. The second-order valence-corrected chi connectivity index (χ2v) is 5.47. The summed E-state index contributed by atoms with van der Waals surface area (Å²) in [7, 11) is 0. The van der Waals surface area contributed by atoms with Gasteiger partial charge in [-0.1, -0.05) is 30.3 Å². The SMILES string of the molecule is Cc1cc(F)c(Br)cc1NC(c1ccccc1)C(F)(F)F. The number of benzene rings is 2. The number of alkyl halides is 3. The van der Waals surface area contributed by atoms with Crippen LogP contribution < -0.4 is 5.32 Å². The number of hydrogen-bond acceptors (Lipinski definition) is 1. The fraction of sp³-hybridized carbons (Fsp3) is 0.200. The van der Waals surface area contributed by atoms with Gasteiger partial charge in [-0.25, -0.2) is 4.39 Å². The van der Waals surface area contributed by atoms with Crippen LogP contribution in [0.4, 0.5) is 23.2 Å². The molecule has 0 aliphatic carbocycles. The average molecular weight is 362 g/mol. The van der Waals surface area contributed by atoms with E-state index in [1.54, 1.807) is 25.1 Å². The van der Waals surface area contributed by atoms with E-state index in [4.69, 9.17) is 0 Å². The highest BCUT2D eigenvalue weighted by Crippen LogP contribution is 2.37. The van der Waals surface area contributed by atoms with E-state index in [1.165, 1.54) is 24.3 Å². The van der Waals surface area contributed by atoms with Crippen molar-refractivity contribution in [1.82, 2.24) is 0 Å². The third-order valence-corrected chi connectivity index (χ3v) is 3.64. The van der Waals surface area contributed by atoms with Crippen LogP contribution in [0, 0.1) is 12.7 Å². The molecule has 2 rings (SSSR count). The number of anilines is 1. The van der Waals surface area contributed by atoms with Crippen LogP contribution in [0.15, 0.2) is 46.9 Å². The summed E-state index contributed by atoms with van der Waals surface area (Å²) in [6, 6.07) is 8.19. The van der Waals surface area contributed by atoms with Gasteiger partial charge in [0.25, 0.3) is 0 Å². The van der Waals surface area contributed by atoms with E-state index < -0.39 is 18.0 Å². The van der Waals surface area contributed by atoms with Gasteiger partial charge in [-0.15, -0.1) is 0 Å². The highest BCUT2D eigenvalue weighted by atomic mass is 79.9. The molecule has 0 saturated carbocycles. The first-order chi connectivity index (χ1) is 9.79. The molecular formula is C15H12BrF4N. The number of halogens is 5. The molecule has 1 atom stereocenters. The van der Waals surface area contributed by atoms with Crippen LogP contribution in [-0.4, -0.2) is 6.18 Å². The van der Waals surface area contributed by atoms with E-state index in [2.05, 4.69) is 21.2 Å². The van der Waals surface area contributed by atoms with Crippen LogP contribution in [0.25, 0.3) is 0 Å². The van der Waals surface area contributed by atoms with Gasteiger partial charge in [-0.3, -0.25) is 0 Å². The molecule has 0 fully saturated rings. The minimum absolute atomic E-state index is 0.102. The number of aryl methyl sites for hydroxylation is 1. The van der Waals surface area contributed by atoms with Crippen molar-refractivity contribution in [1.29, 1.82) is 0 Å². The van der Waals surface area contributed by atoms with Crippen molar-refractivity contribution in [2.24, 2.45) is 0 Å². The molecule has 112 valence electrons. The molecule has 0 aliphatic rings. The number of rotatable bonds is 3. The van der Waals surface area contributed by atoms with Gasteiger partial charge in [0, 0.05) is 5.69 Å². The summed E-state index contributed by atoms with van der Waals surface area (Å²) in [5.74, 6) is -0.513. The quantitative estimate of drug-likeness (QED) is 0.700. The zero-order valence-corrected chi connectivity index (χ0v) is 12.6. The van der Waals surface area contributed by atoms with Gasteiger partial charge in [0.15, 0.2) is 0 Å². The maximum absolute atomic E-state index is 13.4. The summed E-state index contributed by atoms with van der Waals surface area (Å²) < 4.78 is 53.2. The van der Waals surface area contributed by atoms with Gasteiger partial charge < -0.3 is 5.32 Å².